The molecule has 0 bridgehead atoms. The predicted molar refractivity (Wildman–Crippen MR) is 55.6 cm³/mol. The molecule has 0 aromatic heterocycles. The van der Waals surface area contributed by atoms with E-state index in [1.165, 1.54) is 32.2 Å². The summed E-state index contributed by atoms with van der Waals surface area (Å²) in [4.78, 5) is 2.30. The minimum absolute atomic E-state index is 0.963. The summed E-state index contributed by atoms with van der Waals surface area (Å²) < 4.78 is 0. The second-order valence-electron chi connectivity index (χ2n) is 3.18. The highest BCUT2D eigenvalue weighted by molar-refractivity contribution is 8.03. The molecule has 0 unspecified atom stereocenters. The van der Waals surface area contributed by atoms with Gasteiger partial charge in [-0.2, -0.15) is 0 Å². The van der Waals surface area contributed by atoms with Crippen molar-refractivity contribution in [3.63, 3.8) is 0 Å². The molecule has 1 aliphatic rings. The van der Waals surface area contributed by atoms with Gasteiger partial charge in [-0.1, -0.05) is 37.9 Å². The van der Waals surface area contributed by atoms with E-state index in [1.807, 2.05) is 0 Å². The Kier molecular flexibility index (Phi) is 4.36. The van der Waals surface area contributed by atoms with Gasteiger partial charge in [0.25, 0.3) is 0 Å². The standard InChI is InChI=1S/C9H18N2S/c1-2-3-4-5-6-11-7-9(10)12-8-11/h7H,2-6,8,10H2,1H3. The Morgan fingerprint density at radius 2 is 2.33 bits per heavy atom. The van der Waals surface area contributed by atoms with E-state index in [0.717, 1.165) is 10.9 Å². The smallest absolute Gasteiger partial charge is 0.0835 e. The molecular formula is C9H18N2S. The number of unbranched alkanes of at least 4 members (excludes halogenated alkanes) is 3. The molecule has 0 saturated carbocycles. The summed E-state index contributed by atoms with van der Waals surface area (Å²) in [5.74, 6) is 1.05. The Bertz CT molecular complexity index is 157. The van der Waals surface area contributed by atoms with Gasteiger partial charge < -0.3 is 10.6 Å². The molecule has 1 heterocycles. The van der Waals surface area contributed by atoms with Gasteiger partial charge in [0, 0.05) is 12.7 Å². The van der Waals surface area contributed by atoms with Crippen LogP contribution in [0.2, 0.25) is 0 Å². The van der Waals surface area contributed by atoms with E-state index >= 15 is 0 Å². The van der Waals surface area contributed by atoms with Crippen molar-refractivity contribution in [3.8, 4) is 0 Å². The lowest BCUT2D eigenvalue weighted by molar-refractivity contribution is 0.422. The molecule has 12 heavy (non-hydrogen) atoms. The highest BCUT2D eigenvalue weighted by Crippen LogP contribution is 2.20. The molecule has 2 nitrogen and oxygen atoms in total. The van der Waals surface area contributed by atoms with Crippen LogP contribution in [0.3, 0.4) is 0 Å². The predicted octanol–water partition coefficient (Wildman–Crippen LogP) is 2.33. The average Bonchev–Trinajstić information content (AvgIpc) is 2.45. The monoisotopic (exact) mass is 186 g/mol. The first kappa shape index (κ1) is 9.78. The van der Waals surface area contributed by atoms with E-state index in [4.69, 9.17) is 5.73 Å². The number of rotatable bonds is 5. The van der Waals surface area contributed by atoms with Crippen molar-refractivity contribution in [3.05, 3.63) is 11.2 Å². The SMILES string of the molecule is CCCCCCN1C=C(N)SC1. The third-order valence-corrected chi connectivity index (χ3v) is 2.91. The molecule has 0 fully saturated rings. The number of hydrogen-bond acceptors (Lipinski definition) is 3. The lowest BCUT2D eigenvalue weighted by Crippen LogP contribution is -2.14. The van der Waals surface area contributed by atoms with Crippen molar-refractivity contribution in [1.82, 2.24) is 4.90 Å². The van der Waals surface area contributed by atoms with Crippen LogP contribution in [-0.2, 0) is 0 Å². The van der Waals surface area contributed by atoms with Gasteiger partial charge in [0.1, 0.15) is 0 Å². The number of hydrogen-bond donors (Lipinski definition) is 1. The molecule has 70 valence electrons. The molecule has 0 saturated heterocycles. The normalized spacial score (nSPS) is 16.8. The van der Waals surface area contributed by atoms with Gasteiger partial charge in [-0.3, -0.25) is 0 Å². The van der Waals surface area contributed by atoms with E-state index in [1.54, 1.807) is 11.8 Å². The Balaban J connectivity index is 2.01. The zero-order valence-corrected chi connectivity index (χ0v) is 8.57. The van der Waals surface area contributed by atoms with Crippen molar-refractivity contribution in [1.29, 1.82) is 0 Å². The summed E-state index contributed by atoms with van der Waals surface area (Å²) >= 11 is 1.73. The molecule has 0 spiro atoms. The molecule has 0 atom stereocenters. The molecule has 2 N–H and O–H groups in total. The van der Waals surface area contributed by atoms with Gasteiger partial charge in [0.15, 0.2) is 0 Å². The summed E-state index contributed by atoms with van der Waals surface area (Å²) in [6.45, 7) is 3.41. The van der Waals surface area contributed by atoms with E-state index in [9.17, 15) is 0 Å². The van der Waals surface area contributed by atoms with Crippen LogP contribution in [0, 0.1) is 0 Å². The summed E-state index contributed by atoms with van der Waals surface area (Å²) in [7, 11) is 0. The van der Waals surface area contributed by atoms with E-state index in [2.05, 4.69) is 18.0 Å². The summed E-state index contributed by atoms with van der Waals surface area (Å²) in [6.07, 6.45) is 7.40. The fourth-order valence-electron chi connectivity index (χ4n) is 1.28. The van der Waals surface area contributed by atoms with Gasteiger partial charge in [0.2, 0.25) is 0 Å². The molecule has 0 aromatic carbocycles. The van der Waals surface area contributed by atoms with Crippen molar-refractivity contribution >= 4 is 11.8 Å². The molecule has 0 aliphatic carbocycles. The van der Waals surface area contributed by atoms with Gasteiger partial charge in [-0.15, -0.1) is 0 Å². The van der Waals surface area contributed by atoms with Gasteiger partial charge >= 0.3 is 0 Å². The summed E-state index contributed by atoms with van der Waals surface area (Å²) in [6, 6.07) is 0. The van der Waals surface area contributed by atoms with Gasteiger partial charge in [0.05, 0.1) is 10.9 Å². The second kappa shape index (κ2) is 5.36. The second-order valence-corrected chi connectivity index (χ2v) is 4.20. The fourth-order valence-corrected chi connectivity index (χ4v) is 2.02. The van der Waals surface area contributed by atoms with E-state index in [0.29, 0.717) is 0 Å². The molecule has 1 rings (SSSR count). The fraction of sp³-hybridized carbons (Fsp3) is 0.778. The van der Waals surface area contributed by atoms with Crippen LogP contribution in [0.25, 0.3) is 0 Å². The summed E-state index contributed by atoms with van der Waals surface area (Å²) in [5.41, 5.74) is 5.64. The van der Waals surface area contributed by atoms with Crippen molar-refractivity contribution in [2.24, 2.45) is 5.73 Å². The lowest BCUT2D eigenvalue weighted by atomic mass is 10.2. The Hall–Kier alpha value is -0.310. The maximum Gasteiger partial charge on any atom is 0.0835 e. The zero-order chi connectivity index (χ0) is 8.81. The highest BCUT2D eigenvalue weighted by Gasteiger charge is 2.08. The maximum atomic E-state index is 5.64. The average molecular weight is 186 g/mol. The minimum atomic E-state index is 0.963. The molecular weight excluding hydrogens is 168 g/mol. The Morgan fingerprint density at radius 3 is 2.92 bits per heavy atom. The third-order valence-electron chi connectivity index (χ3n) is 2.01. The van der Waals surface area contributed by atoms with Crippen LogP contribution in [0.15, 0.2) is 11.2 Å². The Labute approximate surface area is 79.2 Å². The minimum Gasteiger partial charge on any atom is -0.392 e. The summed E-state index contributed by atoms with van der Waals surface area (Å²) in [5, 5.41) is 0.963. The quantitative estimate of drug-likeness (QED) is 0.668. The van der Waals surface area contributed by atoms with Crippen molar-refractivity contribution in [2.75, 3.05) is 12.4 Å². The van der Waals surface area contributed by atoms with Crippen molar-refractivity contribution < 1.29 is 0 Å². The largest absolute Gasteiger partial charge is 0.392 e. The maximum absolute atomic E-state index is 5.64. The van der Waals surface area contributed by atoms with Crippen molar-refractivity contribution in [2.45, 2.75) is 32.6 Å². The topological polar surface area (TPSA) is 29.3 Å². The van der Waals surface area contributed by atoms with Gasteiger partial charge in [-0.25, -0.2) is 0 Å². The van der Waals surface area contributed by atoms with Crippen LogP contribution < -0.4 is 5.73 Å². The first-order valence-electron chi connectivity index (χ1n) is 4.67. The van der Waals surface area contributed by atoms with E-state index < -0.39 is 0 Å². The first-order valence-corrected chi connectivity index (χ1v) is 5.65. The molecule has 0 amide bonds. The first-order chi connectivity index (χ1) is 5.83. The van der Waals surface area contributed by atoms with Gasteiger partial charge in [-0.05, 0) is 6.42 Å². The van der Waals surface area contributed by atoms with E-state index in [-0.39, 0.29) is 0 Å². The van der Waals surface area contributed by atoms with Crippen LogP contribution >= 0.6 is 11.8 Å². The zero-order valence-electron chi connectivity index (χ0n) is 7.75. The van der Waals surface area contributed by atoms with Crippen LogP contribution in [0.1, 0.15) is 32.6 Å². The number of nitrogens with two attached hydrogens (primary N) is 1. The lowest BCUT2D eigenvalue weighted by Gasteiger charge is -2.13. The van der Waals surface area contributed by atoms with Crippen LogP contribution in [0.4, 0.5) is 0 Å². The van der Waals surface area contributed by atoms with Crippen LogP contribution in [0.5, 0.6) is 0 Å². The highest BCUT2D eigenvalue weighted by atomic mass is 32.2. The third kappa shape index (κ3) is 3.39. The molecule has 1 aliphatic heterocycles. The number of thioether (sulfide) groups is 1. The molecule has 0 aromatic rings. The number of nitrogens with zero attached hydrogens (tertiary/aromatic N) is 1. The molecule has 3 heteroatoms. The molecule has 0 radical (unpaired) electrons. The Morgan fingerprint density at radius 1 is 1.50 bits per heavy atom. The van der Waals surface area contributed by atoms with Crippen LogP contribution in [-0.4, -0.2) is 17.3 Å².